The monoisotopic (exact) mass is 557 g/mol. The summed E-state index contributed by atoms with van der Waals surface area (Å²) in [5, 5.41) is 6.71. The third-order valence-corrected chi connectivity index (χ3v) is 6.09. The van der Waals surface area contributed by atoms with E-state index in [2.05, 4.69) is 17.2 Å². The van der Waals surface area contributed by atoms with E-state index in [-0.39, 0.29) is 18.3 Å². The summed E-state index contributed by atoms with van der Waals surface area (Å²) in [4.78, 5) is 37.8. The molecule has 216 valence electrons. The Morgan fingerprint density at radius 1 is 1.10 bits per heavy atom. The first-order valence-electron chi connectivity index (χ1n) is 13.5. The molecule has 0 fully saturated rings. The van der Waals surface area contributed by atoms with Crippen molar-refractivity contribution in [2.24, 2.45) is 7.05 Å². The van der Waals surface area contributed by atoms with Gasteiger partial charge in [0.25, 0.3) is 5.91 Å². The topological polar surface area (TPSA) is 98.7 Å². The molecule has 1 heterocycles. The van der Waals surface area contributed by atoms with Crippen molar-refractivity contribution in [3.63, 3.8) is 0 Å². The summed E-state index contributed by atoms with van der Waals surface area (Å²) >= 11 is 0. The van der Waals surface area contributed by atoms with E-state index in [4.69, 9.17) is 9.47 Å². The number of carbonyl (C=O) groups excluding carboxylic acids is 3. The molecule has 0 unspecified atom stereocenters. The summed E-state index contributed by atoms with van der Waals surface area (Å²) in [5.41, 5.74) is 4.51. The van der Waals surface area contributed by atoms with E-state index in [0.29, 0.717) is 30.0 Å². The van der Waals surface area contributed by atoms with Crippen molar-refractivity contribution < 1.29 is 23.9 Å². The van der Waals surface area contributed by atoms with Crippen LogP contribution in [0.2, 0.25) is 0 Å². The number of aromatic nitrogens is 1. The largest absolute Gasteiger partial charge is 0.466 e. The predicted octanol–water partition coefficient (Wildman–Crippen LogP) is 6.58. The molecule has 8 heteroatoms. The van der Waals surface area contributed by atoms with Gasteiger partial charge in [-0.1, -0.05) is 48.6 Å². The number of carbonyl (C=O) groups is 3. The highest BCUT2D eigenvalue weighted by molar-refractivity contribution is 6.09. The lowest BCUT2D eigenvalue weighted by molar-refractivity contribution is -0.142. The molecular formula is C33H39N3O5. The number of benzene rings is 2. The normalized spacial score (nSPS) is 12.1. The van der Waals surface area contributed by atoms with Crippen molar-refractivity contribution in [3.8, 4) is 0 Å². The molecule has 0 aliphatic carbocycles. The number of aryl methyl sites for hydroxylation is 1. The van der Waals surface area contributed by atoms with Gasteiger partial charge in [0, 0.05) is 41.9 Å². The summed E-state index contributed by atoms with van der Waals surface area (Å²) < 4.78 is 12.4. The maximum atomic E-state index is 13.5. The number of nitrogens with zero attached hydrogens (tertiary/aromatic N) is 1. The van der Waals surface area contributed by atoms with Gasteiger partial charge in [0.05, 0.1) is 13.0 Å². The van der Waals surface area contributed by atoms with E-state index in [1.165, 1.54) is 0 Å². The lowest BCUT2D eigenvalue weighted by Gasteiger charge is -2.19. The van der Waals surface area contributed by atoms with Crippen molar-refractivity contribution in [2.75, 3.05) is 18.5 Å². The maximum Gasteiger partial charge on any atom is 0.407 e. The van der Waals surface area contributed by atoms with Crippen LogP contribution < -0.4 is 10.6 Å². The number of rotatable bonds is 10. The first-order valence-corrected chi connectivity index (χ1v) is 13.5. The Morgan fingerprint density at radius 2 is 1.83 bits per heavy atom. The lowest BCUT2D eigenvalue weighted by atomic mass is 9.96. The predicted molar refractivity (Wildman–Crippen MR) is 164 cm³/mol. The molecule has 0 aliphatic heterocycles. The van der Waals surface area contributed by atoms with Gasteiger partial charge in [-0.2, -0.15) is 0 Å². The molecule has 0 saturated heterocycles. The van der Waals surface area contributed by atoms with Gasteiger partial charge in [0.2, 0.25) is 0 Å². The highest BCUT2D eigenvalue weighted by Crippen LogP contribution is 2.30. The number of para-hydroxylation sites is 1. The number of alkyl carbamates (subject to hydrolysis) is 1. The van der Waals surface area contributed by atoms with Crippen LogP contribution in [0.25, 0.3) is 16.5 Å². The molecule has 0 radical (unpaired) electrons. The molecule has 3 aromatic rings. The average molecular weight is 558 g/mol. The molecule has 3 rings (SSSR count). The summed E-state index contributed by atoms with van der Waals surface area (Å²) in [7, 11) is 1.92. The highest BCUT2D eigenvalue weighted by Gasteiger charge is 2.18. The van der Waals surface area contributed by atoms with E-state index in [1.807, 2.05) is 81.9 Å². The van der Waals surface area contributed by atoms with Gasteiger partial charge in [-0.05, 0) is 75.6 Å². The standard InChI is InChI=1S/C33H39N3O5/c1-8-12-23(17-22(3)21-34-32(39)41-33(4,5)6)27-18-25(19-29-26(27)15-16-36(29)7)31(38)35-28-14-11-10-13-24(28)20-30(37)40-9-2/h8,10-19H,1,9,20-21H2,2-7H3,(H,34,39)(H,35,38)/b22-17+,23-12+. The molecule has 1 aromatic heterocycles. The Hall–Kier alpha value is -4.59. The van der Waals surface area contributed by atoms with Gasteiger partial charge in [-0.15, -0.1) is 0 Å². The summed E-state index contributed by atoms with van der Waals surface area (Å²) in [5.74, 6) is -0.667. The van der Waals surface area contributed by atoms with Gasteiger partial charge in [0.15, 0.2) is 0 Å². The smallest absolute Gasteiger partial charge is 0.407 e. The first kappa shape index (κ1) is 30.9. The number of amides is 2. The quantitative estimate of drug-likeness (QED) is 0.217. The van der Waals surface area contributed by atoms with Crippen LogP contribution in [0, 0.1) is 0 Å². The third kappa shape index (κ3) is 8.70. The van der Waals surface area contributed by atoms with Crippen LogP contribution in [0.5, 0.6) is 0 Å². The fourth-order valence-electron chi connectivity index (χ4n) is 4.28. The minimum Gasteiger partial charge on any atom is -0.466 e. The fourth-order valence-corrected chi connectivity index (χ4v) is 4.28. The summed E-state index contributed by atoms with van der Waals surface area (Å²) in [6.07, 6.45) is 7.02. The molecular weight excluding hydrogens is 518 g/mol. The number of allylic oxidation sites excluding steroid dienone is 4. The second-order valence-corrected chi connectivity index (χ2v) is 10.7. The molecule has 2 N–H and O–H groups in total. The van der Waals surface area contributed by atoms with Gasteiger partial charge < -0.3 is 24.7 Å². The molecule has 0 atom stereocenters. The fraction of sp³-hybridized carbons (Fsp3) is 0.303. The molecule has 41 heavy (non-hydrogen) atoms. The Balaban J connectivity index is 1.95. The Bertz CT molecular complexity index is 1500. The molecule has 0 bridgehead atoms. The van der Waals surface area contributed by atoms with Crippen LogP contribution in [0.4, 0.5) is 10.5 Å². The van der Waals surface area contributed by atoms with Crippen LogP contribution in [0.1, 0.15) is 56.1 Å². The minimum absolute atomic E-state index is 0.0556. The number of anilines is 1. The van der Waals surface area contributed by atoms with Gasteiger partial charge in [0.1, 0.15) is 5.60 Å². The van der Waals surface area contributed by atoms with Gasteiger partial charge in [-0.25, -0.2) is 4.79 Å². The third-order valence-electron chi connectivity index (χ3n) is 6.09. The molecule has 0 aliphatic rings. The van der Waals surface area contributed by atoms with E-state index in [9.17, 15) is 14.4 Å². The number of esters is 1. The maximum absolute atomic E-state index is 13.5. The second-order valence-electron chi connectivity index (χ2n) is 10.7. The molecule has 0 saturated carbocycles. The zero-order valence-electron chi connectivity index (χ0n) is 24.7. The first-order chi connectivity index (χ1) is 19.4. The zero-order valence-corrected chi connectivity index (χ0v) is 24.7. The molecule has 0 spiro atoms. The Morgan fingerprint density at radius 3 is 2.51 bits per heavy atom. The van der Waals surface area contributed by atoms with E-state index in [1.54, 1.807) is 31.2 Å². The average Bonchev–Trinajstić information content (AvgIpc) is 3.27. The molecule has 8 nitrogen and oxygen atoms in total. The lowest BCUT2D eigenvalue weighted by Crippen LogP contribution is -2.33. The molecule has 2 amide bonds. The minimum atomic E-state index is -0.588. The zero-order chi connectivity index (χ0) is 30.2. The van der Waals surface area contributed by atoms with Crippen LogP contribution >= 0.6 is 0 Å². The summed E-state index contributed by atoms with van der Waals surface area (Å²) in [6.45, 7) is 13.6. The SMILES string of the molecule is C=C/C=C(\C=C(/C)CNC(=O)OC(C)(C)C)c1cc(C(=O)Nc2ccccc2CC(=O)OCC)cc2c1ccn2C. The van der Waals surface area contributed by atoms with Crippen LogP contribution in [0.3, 0.4) is 0 Å². The number of ether oxygens (including phenoxy) is 2. The van der Waals surface area contributed by atoms with E-state index in [0.717, 1.165) is 27.6 Å². The van der Waals surface area contributed by atoms with Crippen LogP contribution in [-0.4, -0.2) is 41.3 Å². The van der Waals surface area contributed by atoms with Crippen LogP contribution in [-0.2, 0) is 27.7 Å². The van der Waals surface area contributed by atoms with Gasteiger partial charge in [-0.3, -0.25) is 9.59 Å². The van der Waals surface area contributed by atoms with Crippen molar-refractivity contribution >= 4 is 40.1 Å². The van der Waals surface area contributed by atoms with Crippen molar-refractivity contribution in [2.45, 2.75) is 46.6 Å². The van der Waals surface area contributed by atoms with Crippen molar-refractivity contribution in [3.05, 3.63) is 95.7 Å². The van der Waals surface area contributed by atoms with Gasteiger partial charge >= 0.3 is 12.1 Å². The van der Waals surface area contributed by atoms with E-state index < -0.39 is 11.7 Å². The Labute approximate surface area is 241 Å². The second kappa shape index (κ2) is 13.7. The number of nitrogens with one attached hydrogen (secondary N) is 2. The number of hydrogen-bond acceptors (Lipinski definition) is 5. The molecule has 2 aromatic carbocycles. The Kier molecular flexibility index (Phi) is 10.3. The number of fused-ring (bicyclic) bond motifs is 1. The van der Waals surface area contributed by atoms with Crippen molar-refractivity contribution in [1.82, 2.24) is 9.88 Å². The van der Waals surface area contributed by atoms with Crippen LogP contribution in [0.15, 0.2) is 79.0 Å². The highest BCUT2D eigenvalue weighted by atomic mass is 16.6. The number of hydrogen-bond donors (Lipinski definition) is 2. The van der Waals surface area contributed by atoms with E-state index >= 15 is 0 Å². The van der Waals surface area contributed by atoms with Crippen molar-refractivity contribution in [1.29, 1.82) is 0 Å². The summed E-state index contributed by atoms with van der Waals surface area (Å²) in [6, 6.07) is 12.9.